The highest BCUT2D eigenvalue weighted by Crippen LogP contribution is 2.31. The first-order valence-corrected chi connectivity index (χ1v) is 8.98. The van der Waals surface area contributed by atoms with Gasteiger partial charge in [-0.15, -0.1) is 16.8 Å². The number of hydrogen-bond acceptors (Lipinski definition) is 6. The first-order valence-electron chi connectivity index (χ1n) is 7.99. The van der Waals surface area contributed by atoms with E-state index >= 15 is 0 Å². The van der Waals surface area contributed by atoms with Crippen molar-refractivity contribution in [1.29, 1.82) is 0 Å². The smallest absolute Gasteiger partial charge is 0.251 e. The number of hydrogen-bond donors (Lipinski definition) is 1. The molecule has 0 aliphatic rings. The van der Waals surface area contributed by atoms with Crippen molar-refractivity contribution in [2.75, 3.05) is 7.11 Å². The lowest BCUT2D eigenvalue weighted by Gasteiger charge is -2.10. The second-order valence-electron chi connectivity index (χ2n) is 5.53. The molecule has 2 aromatic heterocycles. The lowest BCUT2D eigenvalue weighted by molar-refractivity contribution is 0.416. The summed E-state index contributed by atoms with van der Waals surface area (Å²) in [5.41, 5.74) is 1.39. The summed E-state index contributed by atoms with van der Waals surface area (Å²) in [4.78, 5) is 18.7. The Morgan fingerprint density at radius 2 is 2.15 bits per heavy atom. The van der Waals surface area contributed by atoms with Crippen molar-refractivity contribution >= 4 is 11.8 Å². The van der Waals surface area contributed by atoms with Crippen LogP contribution in [0.3, 0.4) is 0 Å². The van der Waals surface area contributed by atoms with Crippen LogP contribution in [-0.4, -0.2) is 31.8 Å². The fourth-order valence-corrected chi connectivity index (χ4v) is 3.38. The van der Waals surface area contributed by atoms with Gasteiger partial charge in [0.05, 0.1) is 18.4 Å². The van der Waals surface area contributed by atoms with E-state index in [0.717, 1.165) is 16.5 Å². The zero-order valence-electron chi connectivity index (χ0n) is 14.6. The molecule has 0 aliphatic heterocycles. The number of thioether (sulfide) groups is 1. The minimum atomic E-state index is -0.157. The molecule has 134 valence electrons. The number of aromatic amines is 1. The summed E-state index contributed by atoms with van der Waals surface area (Å²) in [6.45, 7) is 6.17. The molecule has 0 bridgehead atoms. The summed E-state index contributed by atoms with van der Waals surface area (Å²) < 4.78 is 7.40. The molecule has 0 spiro atoms. The molecule has 7 nitrogen and oxygen atoms in total. The van der Waals surface area contributed by atoms with Crippen LogP contribution < -0.4 is 10.3 Å². The Bertz CT molecular complexity index is 980. The summed E-state index contributed by atoms with van der Waals surface area (Å²) in [5, 5.41) is 9.35. The number of nitrogens with zero attached hydrogens (tertiary/aromatic N) is 4. The van der Waals surface area contributed by atoms with Gasteiger partial charge >= 0.3 is 0 Å². The highest BCUT2D eigenvalue weighted by atomic mass is 32.2. The Morgan fingerprint density at radius 1 is 1.35 bits per heavy atom. The van der Waals surface area contributed by atoms with Gasteiger partial charge in [0, 0.05) is 18.3 Å². The van der Waals surface area contributed by atoms with Crippen LogP contribution in [0.5, 0.6) is 5.75 Å². The Balaban J connectivity index is 1.92. The number of nitrogens with one attached hydrogen (secondary N) is 1. The number of methoxy groups -OCH3 is 1. The van der Waals surface area contributed by atoms with E-state index in [1.165, 1.54) is 17.8 Å². The highest BCUT2D eigenvalue weighted by Gasteiger charge is 2.17. The van der Waals surface area contributed by atoms with Gasteiger partial charge in [-0.3, -0.25) is 9.36 Å². The molecule has 0 fully saturated rings. The standard InChI is InChI=1S/C18H19N5O2S/c1-4-9-23-17(13-7-5-6-8-14(13)25-3)21-22-18(23)26-11-15-19-12(2)10-16(24)20-15/h4-8,10H,1,9,11H2,2-3H3,(H,19,20,24). The second kappa shape index (κ2) is 8.01. The summed E-state index contributed by atoms with van der Waals surface area (Å²) >= 11 is 1.45. The topological polar surface area (TPSA) is 85.7 Å². The van der Waals surface area contributed by atoms with Gasteiger partial charge in [0.2, 0.25) is 0 Å². The van der Waals surface area contributed by atoms with Crippen molar-refractivity contribution in [3.05, 3.63) is 64.9 Å². The third-order valence-corrected chi connectivity index (χ3v) is 4.61. The van der Waals surface area contributed by atoms with Crippen LogP contribution in [0, 0.1) is 6.92 Å². The molecule has 1 N–H and O–H groups in total. The molecule has 3 rings (SSSR count). The highest BCUT2D eigenvalue weighted by molar-refractivity contribution is 7.98. The monoisotopic (exact) mass is 369 g/mol. The number of para-hydroxylation sites is 1. The molecule has 8 heteroatoms. The molecule has 0 saturated carbocycles. The minimum absolute atomic E-state index is 0.157. The van der Waals surface area contributed by atoms with Gasteiger partial charge < -0.3 is 9.72 Å². The van der Waals surface area contributed by atoms with Crippen molar-refractivity contribution in [3.63, 3.8) is 0 Å². The molecule has 0 unspecified atom stereocenters. The van der Waals surface area contributed by atoms with Crippen LogP contribution in [0.25, 0.3) is 11.4 Å². The van der Waals surface area contributed by atoms with Crippen LogP contribution in [0.1, 0.15) is 11.5 Å². The number of ether oxygens (including phenoxy) is 1. The molecule has 2 heterocycles. The van der Waals surface area contributed by atoms with Gasteiger partial charge in [-0.2, -0.15) is 0 Å². The van der Waals surface area contributed by atoms with Crippen molar-refractivity contribution in [1.82, 2.24) is 24.7 Å². The number of H-pyrrole nitrogens is 1. The maximum atomic E-state index is 11.6. The van der Waals surface area contributed by atoms with Gasteiger partial charge in [-0.05, 0) is 19.1 Å². The molecule has 26 heavy (non-hydrogen) atoms. The number of benzene rings is 1. The maximum absolute atomic E-state index is 11.6. The van der Waals surface area contributed by atoms with Crippen molar-refractivity contribution in [3.8, 4) is 17.1 Å². The third kappa shape index (κ3) is 3.85. The lowest BCUT2D eigenvalue weighted by Crippen LogP contribution is -2.10. The van der Waals surface area contributed by atoms with Gasteiger partial charge in [0.1, 0.15) is 11.6 Å². The van der Waals surface area contributed by atoms with E-state index < -0.39 is 0 Å². The fraction of sp³-hybridized carbons (Fsp3) is 0.222. The summed E-state index contributed by atoms with van der Waals surface area (Å²) in [6.07, 6.45) is 1.79. The Kier molecular flexibility index (Phi) is 5.52. The molecule has 3 aromatic rings. The Labute approximate surface area is 155 Å². The van der Waals surface area contributed by atoms with E-state index in [-0.39, 0.29) is 5.56 Å². The van der Waals surface area contributed by atoms with Crippen LogP contribution in [-0.2, 0) is 12.3 Å². The first kappa shape index (κ1) is 17.9. The molecular formula is C18H19N5O2S. The van der Waals surface area contributed by atoms with Gasteiger partial charge in [0.25, 0.3) is 5.56 Å². The zero-order chi connectivity index (χ0) is 18.5. The average Bonchev–Trinajstić information content (AvgIpc) is 3.02. The molecule has 0 amide bonds. The lowest BCUT2D eigenvalue weighted by atomic mass is 10.2. The predicted octanol–water partition coefficient (Wildman–Crippen LogP) is 2.82. The van der Waals surface area contributed by atoms with E-state index in [1.807, 2.05) is 28.8 Å². The third-order valence-electron chi connectivity index (χ3n) is 3.63. The minimum Gasteiger partial charge on any atom is -0.496 e. The summed E-state index contributed by atoms with van der Waals surface area (Å²) in [5.74, 6) is 2.52. The Hall–Kier alpha value is -2.87. The largest absolute Gasteiger partial charge is 0.496 e. The van der Waals surface area contributed by atoms with Crippen LogP contribution >= 0.6 is 11.8 Å². The normalized spacial score (nSPS) is 10.7. The van der Waals surface area contributed by atoms with E-state index in [4.69, 9.17) is 4.74 Å². The zero-order valence-corrected chi connectivity index (χ0v) is 15.4. The molecule has 0 saturated heterocycles. The first-order chi connectivity index (χ1) is 12.6. The summed E-state index contributed by atoms with van der Waals surface area (Å²) in [7, 11) is 1.63. The molecule has 0 aliphatic carbocycles. The second-order valence-corrected chi connectivity index (χ2v) is 6.47. The quantitative estimate of drug-likeness (QED) is 0.509. The predicted molar refractivity (Wildman–Crippen MR) is 101 cm³/mol. The van der Waals surface area contributed by atoms with E-state index in [0.29, 0.717) is 29.6 Å². The van der Waals surface area contributed by atoms with Gasteiger partial charge in [0.15, 0.2) is 11.0 Å². The Morgan fingerprint density at radius 3 is 2.88 bits per heavy atom. The van der Waals surface area contributed by atoms with Crippen molar-refractivity contribution in [2.24, 2.45) is 0 Å². The number of rotatable bonds is 7. The van der Waals surface area contributed by atoms with Crippen molar-refractivity contribution < 1.29 is 4.74 Å². The molecule has 0 radical (unpaired) electrons. The van der Waals surface area contributed by atoms with Crippen LogP contribution in [0.4, 0.5) is 0 Å². The summed E-state index contributed by atoms with van der Waals surface area (Å²) in [6, 6.07) is 9.13. The molecule has 0 atom stereocenters. The van der Waals surface area contributed by atoms with Crippen LogP contribution in [0.2, 0.25) is 0 Å². The SMILES string of the molecule is C=CCn1c(SCc2nc(C)cc(=O)[nH]2)nnc1-c1ccccc1OC. The average molecular weight is 369 g/mol. The van der Waals surface area contributed by atoms with Gasteiger partial charge in [-0.1, -0.05) is 30.0 Å². The molecule has 1 aromatic carbocycles. The van der Waals surface area contributed by atoms with E-state index in [1.54, 1.807) is 20.1 Å². The van der Waals surface area contributed by atoms with Gasteiger partial charge in [-0.25, -0.2) is 4.98 Å². The van der Waals surface area contributed by atoms with Crippen molar-refractivity contribution in [2.45, 2.75) is 24.4 Å². The maximum Gasteiger partial charge on any atom is 0.251 e. The van der Waals surface area contributed by atoms with E-state index in [2.05, 4.69) is 26.7 Å². The molecular weight excluding hydrogens is 350 g/mol. The fourth-order valence-electron chi connectivity index (χ4n) is 2.56. The number of aromatic nitrogens is 5. The van der Waals surface area contributed by atoms with Crippen LogP contribution in [0.15, 0.2) is 52.9 Å². The number of allylic oxidation sites excluding steroid dienone is 1. The van der Waals surface area contributed by atoms with E-state index in [9.17, 15) is 4.79 Å². The number of aryl methyl sites for hydroxylation is 1.